The van der Waals surface area contributed by atoms with Gasteiger partial charge in [0.1, 0.15) is 18.3 Å². The quantitative estimate of drug-likeness (QED) is 0.700. The molecular formula is C24H31N5O3. The molecule has 2 aliphatic carbocycles. The van der Waals surface area contributed by atoms with Gasteiger partial charge in [-0.3, -0.25) is 14.4 Å². The number of carbonyl (C=O) groups is 3. The molecule has 2 amide bonds. The van der Waals surface area contributed by atoms with E-state index >= 15 is 0 Å². The zero-order valence-electron chi connectivity index (χ0n) is 19.4. The summed E-state index contributed by atoms with van der Waals surface area (Å²) in [4.78, 5) is 44.4. The van der Waals surface area contributed by atoms with Crippen molar-refractivity contribution < 1.29 is 14.4 Å². The van der Waals surface area contributed by atoms with Gasteiger partial charge in [-0.2, -0.15) is 5.10 Å². The summed E-state index contributed by atoms with van der Waals surface area (Å²) in [5.41, 5.74) is 1.24. The Morgan fingerprint density at radius 2 is 1.88 bits per heavy atom. The van der Waals surface area contributed by atoms with Crippen molar-refractivity contribution >= 4 is 28.6 Å². The summed E-state index contributed by atoms with van der Waals surface area (Å²) in [5, 5.41) is 8.13. The molecule has 0 unspecified atom stereocenters. The first-order valence-corrected chi connectivity index (χ1v) is 11.5. The highest BCUT2D eigenvalue weighted by atomic mass is 16.2. The van der Waals surface area contributed by atoms with Crippen LogP contribution in [0.15, 0.2) is 18.3 Å². The number of hydrogen-bond donors (Lipinski definition) is 1. The minimum atomic E-state index is -0.432. The van der Waals surface area contributed by atoms with Crippen molar-refractivity contribution in [2.45, 2.75) is 66.1 Å². The summed E-state index contributed by atoms with van der Waals surface area (Å²) in [7, 11) is 0. The van der Waals surface area contributed by atoms with E-state index < -0.39 is 6.04 Å². The Labute approximate surface area is 187 Å². The van der Waals surface area contributed by atoms with Gasteiger partial charge in [-0.1, -0.05) is 27.7 Å². The molecule has 3 atom stereocenters. The van der Waals surface area contributed by atoms with E-state index in [2.05, 4.69) is 43.1 Å². The van der Waals surface area contributed by atoms with Crippen LogP contribution in [0.5, 0.6) is 0 Å². The van der Waals surface area contributed by atoms with Crippen LogP contribution >= 0.6 is 0 Å². The van der Waals surface area contributed by atoms with Crippen LogP contribution in [0.25, 0.3) is 11.0 Å². The fourth-order valence-electron chi connectivity index (χ4n) is 5.80. The summed E-state index contributed by atoms with van der Waals surface area (Å²) in [6.45, 7) is 11.0. The number of likely N-dealkylation sites (tertiary alicyclic amines) is 1. The molecule has 1 N–H and O–H groups in total. The zero-order valence-corrected chi connectivity index (χ0v) is 19.4. The van der Waals surface area contributed by atoms with Gasteiger partial charge in [0.25, 0.3) is 0 Å². The second-order valence-electron chi connectivity index (χ2n) is 10.8. The highest BCUT2D eigenvalue weighted by Crippen LogP contribution is 2.67. The molecule has 3 heterocycles. The lowest BCUT2D eigenvalue weighted by molar-refractivity contribution is -0.140. The van der Waals surface area contributed by atoms with Crippen molar-refractivity contribution in [1.29, 1.82) is 0 Å². The third-order valence-electron chi connectivity index (χ3n) is 8.62. The molecule has 8 nitrogen and oxygen atoms in total. The molecule has 8 heteroatoms. The lowest BCUT2D eigenvalue weighted by atomic mass is 10.0. The number of nitrogens with zero attached hydrogens (tertiary/aromatic N) is 4. The van der Waals surface area contributed by atoms with E-state index in [9.17, 15) is 14.4 Å². The molecule has 2 saturated carbocycles. The smallest absolute Gasteiger partial charge is 0.245 e. The van der Waals surface area contributed by atoms with Crippen molar-refractivity contribution in [3.8, 4) is 0 Å². The van der Waals surface area contributed by atoms with Gasteiger partial charge in [-0.05, 0) is 47.6 Å². The van der Waals surface area contributed by atoms with Crippen LogP contribution in [0.3, 0.4) is 0 Å². The molecule has 0 bridgehead atoms. The molecule has 2 aromatic rings. The van der Waals surface area contributed by atoms with Crippen molar-refractivity contribution in [2.75, 3.05) is 6.54 Å². The van der Waals surface area contributed by atoms with Crippen LogP contribution in [0.4, 0.5) is 0 Å². The minimum Gasteiger partial charge on any atom is -0.354 e. The molecule has 2 aromatic heterocycles. The van der Waals surface area contributed by atoms with Crippen molar-refractivity contribution in [3.05, 3.63) is 24.0 Å². The van der Waals surface area contributed by atoms with Gasteiger partial charge in [-0.15, -0.1) is 0 Å². The minimum absolute atomic E-state index is 0.0313. The maximum absolute atomic E-state index is 13.3. The zero-order chi connectivity index (χ0) is 23.0. The van der Waals surface area contributed by atoms with Crippen molar-refractivity contribution in [1.82, 2.24) is 25.0 Å². The van der Waals surface area contributed by atoms with E-state index in [1.165, 1.54) is 11.6 Å². The molecule has 3 fully saturated rings. The SMILES string of the molecule is CC(=O)c1nn(CC(=O)N2[C@@H]3C[C@@H]3C[C@H]2C(=O)NCC2C(C)(C)C2(C)C)c2ncccc12. The number of nitrogens with one attached hydrogen (secondary N) is 1. The Balaban J connectivity index is 1.31. The largest absolute Gasteiger partial charge is 0.354 e. The number of rotatable bonds is 6. The Morgan fingerprint density at radius 1 is 1.16 bits per heavy atom. The molecule has 1 aliphatic heterocycles. The average Bonchev–Trinajstić information content (AvgIpc) is 3.39. The first kappa shape index (κ1) is 21.1. The van der Waals surface area contributed by atoms with Crippen LogP contribution in [-0.4, -0.2) is 55.9 Å². The third-order valence-corrected chi connectivity index (χ3v) is 8.62. The van der Waals surface area contributed by atoms with Crippen molar-refractivity contribution in [2.24, 2.45) is 22.7 Å². The van der Waals surface area contributed by atoms with Crippen LogP contribution in [0.1, 0.15) is 57.9 Å². The number of pyridine rings is 1. The Hall–Kier alpha value is -2.77. The standard InChI is InChI=1S/C24H31N5O3/c1-13(30)20-15-7-6-8-25-21(15)28(27-20)12-19(31)29-16-9-14(16)10-17(29)22(32)26-11-18-23(2,3)24(18,4)5/h6-8,14,16-18H,9-12H2,1-5H3,(H,26,32)/t14-,16-,17+/m1/s1. The van der Waals surface area contributed by atoms with E-state index in [0.717, 1.165) is 12.8 Å². The number of aromatic nitrogens is 3. The van der Waals surface area contributed by atoms with Crippen LogP contribution < -0.4 is 5.32 Å². The van der Waals surface area contributed by atoms with Crippen LogP contribution in [-0.2, 0) is 16.1 Å². The lowest BCUT2D eigenvalue weighted by Crippen LogP contribution is -2.49. The summed E-state index contributed by atoms with van der Waals surface area (Å²) >= 11 is 0. The highest BCUT2D eigenvalue weighted by Gasteiger charge is 2.64. The third kappa shape index (κ3) is 3.06. The fourth-order valence-corrected chi connectivity index (χ4v) is 5.80. The lowest BCUT2D eigenvalue weighted by Gasteiger charge is -2.27. The van der Waals surface area contributed by atoms with E-state index in [-0.39, 0.29) is 41.0 Å². The fraction of sp³-hybridized carbons (Fsp3) is 0.625. The first-order chi connectivity index (χ1) is 15.0. The topological polar surface area (TPSA) is 97.2 Å². The van der Waals surface area contributed by atoms with E-state index in [1.54, 1.807) is 23.2 Å². The maximum atomic E-state index is 13.3. The van der Waals surface area contributed by atoms with Gasteiger partial charge < -0.3 is 10.2 Å². The number of piperidine rings is 1. The number of fused-ring (bicyclic) bond motifs is 2. The van der Waals surface area contributed by atoms with Gasteiger partial charge in [0.05, 0.1) is 5.39 Å². The van der Waals surface area contributed by atoms with E-state index in [4.69, 9.17) is 0 Å². The van der Waals surface area contributed by atoms with Gasteiger partial charge in [0, 0.05) is 25.7 Å². The predicted molar refractivity (Wildman–Crippen MR) is 119 cm³/mol. The molecule has 3 aliphatic rings. The summed E-state index contributed by atoms with van der Waals surface area (Å²) in [6.07, 6.45) is 3.30. The normalized spacial score (nSPS) is 27.3. The molecule has 1 saturated heterocycles. The van der Waals surface area contributed by atoms with Gasteiger partial charge in [0.15, 0.2) is 11.4 Å². The number of ketones is 1. The maximum Gasteiger partial charge on any atom is 0.245 e. The second-order valence-corrected chi connectivity index (χ2v) is 10.8. The molecule has 5 rings (SSSR count). The Kier molecular flexibility index (Phi) is 4.52. The summed E-state index contributed by atoms with van der Waals surface area (Å²) in [6, 6.07) is 3.24. The first-order valence-electron chi connectivity index (χ1n) is 11.5. The second kappa shape index (κ2) is 6.86. The summed E-state index contributed by atoms with van der Waals surface area (Å²) < 4.78 is 1.49. The van der Waals surface area contributed by atoms with Gasteiger partial charge in [0.2, 0.25) is 11.8 Å². The highest BCUT2D eigenvalue weighted by molar-refractivity contribution is 6.04. The molecule has 0 spiro atoms. The summed E-state index contributed by atoms with van der Waals surface area (Å²) in [5.74, 6) is 0.472. The van der Waals surface area contributed by atoms with Gasteiger partial charge in [-0.25, -0.2) is 9.67 Å². The molecule has 0 radical (unpaired) electrons. The predicted octanol–water partition coefficient (Wildman–Crippen LogP) is 2.42. The molecule has 170 valence electrons. The Morgan fingerprint density at radius 3 is 2.53 bits per heavy atom. The Bertz CT molecular complexity index is 1120. The van der Waals surface area contributed by atoms with Crippen LogP contribution in [0.2, 0.25) is 0 Å². The van der Waals surface area contributed by atoms with Gasteiger partial charge >= 0.3 is 0 Å². The number of hydrogen-bond acceptors (Lipinski definition) is 5. The number of amides is 2. The average molecular weight is 438 g/mol. The number of carbonyl (C=O) groups excluding carboxylic acids is 3. The van der Waals surface area contributed by atoms with E-state index in [0.29, 0.717) is 35.1 Å². The number of Topliss-reactive ketones (excluding diaryl/α,β-unsaturated/α-hetero) is 1. The molecule has 0 aromatic carbocycles. The van der Waals surface area contributed by atoms with Crippen molar-refractivity contribution in [3.63, 3.8) is 0 Å². The van der Waals surface area contributed by atoms with Crippen LogP contribution in [0, 0.1) is 22.7 Å². The monoisotopic (exact) mass is 437 g/mol. The molecular weight excluding hydrogens is 406 g/mol. The van der Waals surface area contributed by atoms with E-state index in [1.807, 2.05) is 0 Å². The molecule has 32 heavy (non-hydrogen) atoms.